The first-order chi connectivity index (χ1) is 5.91. The normalized spacial score (nSPS) is 14.1. The Hall–Kier alpha value is -0.310. The Morgan fingerprint density at radius 1 is 0.929 bits per heavy atom. The van der Waals surface area contributed by atoms with Crippen molar-refractivity contribution in [1.29, 1.82) is 0 Å². The molecule has 0 amide bonds. The van der Waals surface area contributed by atoms with Gasteiger partial charge in [0.1, 0.15) is 0 Å². The monoisotopic (exact) mass is 272 g/mol. The highest BCUT2D eigenvalue weighted by Crippen LogP contribution is 2.03. The summed E-state index contributed by atoms with van der Waals surface area (Å²) in [5, 5.41) is 0. The molecule has 0 bridgehead atoms. The van der Waals surface area contributed by atoms with Gasteiger partial charge in [-0.05, 0) is 0 Å². The maximum absolute atomic E-state index is 10.4. The molecule has 0 saturated carbocycles. The number of rotatable bonds is 5. The van der Waals surface area contributed by atoms with E-state index in [1.54, 1.807) is 0 Å². The molecule has 0 atom stereocenters. The van der Waals surface area contributed by atoms with Crippen LogP contribution in [0.2, 0.25) is 0 Å². The lowest BCUT2D eigenvalue weighted by Gasteiger charge is -1.99. The molecule has 13 heteroatoms. The second-order valence-corrected chi connectivity index (χ2v) is 5.64. The third kappa shape index (κ3) is 8.30. The molecule has 86 valence electrons. The summed E-state index contributed by atoms with van der Waals surface area (Å²) in [5.74, 6) is 0. The highest BCUT2D eigenvalue weighted by Gasteiger charge is 2.23. The summed E-state index contributed by atoms with van der Waals surface area (Å²) in [5.41, 5.74) is 0. The van der Waals surface area contributed by atoms with Gasteiger partial charge >= 0.3 is 20.8 Å². The zero-order valence-electron chi connectivity index (χ0n) is 6.35. The van der Waals surface area contributed by atoms with Crippen molar-refractivity contribution in [1.82, 2.24) is 0 Å². The Balaban J connectivity index is 4.55. The van der Waals surface area contributed by atoms with Crippen LogP contribution < -0.4 is 0 Å². The summed E-state index contributed by atoms with van der Waals surface area (Å²) in [6.45, 7) is 0. The third-order valence-corrected chi connectivity index (χ3v) is 2.62. The minimum absolute atomic E-state index is 0.362. The summed E-state index contributed by atoms with van der Waals surface area (Å²) >= 11 is 0. The summed E-state index contributed by atoms with van der Waals surface area (Å²) < 4.78 is 77.7. The fraction of sp³-hybridized carbons (Fsp3) is 1.00. The van der Waals surface area contributed by atoms with Crippen molar-refractivity contribution in [3.05, 3.63) is 0 Å². The standard InChI is InChI=1S/CH4O10S3/c1-12(2,3)11-14(7,8)10-9-13(4,5)6/h1H3,(H,4,5,6). The molecular weight excluding hydrogens is 268 g/mol. The van der Waals surface area contributed by atoms with E-state index in [4.69, 9.17) is 4.55 Å². The van der Waals surface area contributed by atoms with Crippen molar-refractivity contribution in [2.45, 2.75) is 0 Å². The molecule has 0 aliphatic heterocycles. The van der Waals surface area contributed by atoms with Gasteiger partial charge in [-0.3, -0.25) is 4.55 Å². The largest absolute Gasteiger partial charge is 0.442 e. The van der Waals surface area contributed by atoms with Crippen LogP contribution in [-0.4, -0.2) is 36.1 Å². The van der Waals surface area contributed by atoms with Gasteiger partial charge in [0.15, 0.2) is 0 Å². The Labute approximate surface area is 79.7 Å². The molecule has 0 aliphatic rings. The topological polar surface area (TPSA) is 150 Å². The first-order valence-electron chi connectivity index (χ1n) is 2.42. The molecule has 0 fully saturated rings. The number of hydrogen-bond acceptors (Lipinski definition) is 9. The van der Waals surface area contributed by atoms with Gasteiger partial charge in [0, 0.05) is 0 Å². The molecule has 0 aromatic rings. The van der Waals surface area contributed by atoms with Crippen molar-refractivity contribution in [2.24, 2.45) is 0 Å². The molecule has 0 aromatic carbocycles. The molecule has 0 unspecified atom stereocenters. The van der Waals surface area contributed by atoms with Crippen LogP contribution in [0.5, 0.6) is 0 Å². The molecule has 0 aromatic heterocycles. The number of hydrogen-bond donors (Lipinski definition) is 1. The van der Waals surface area contributed by atoms with Gasteiger partial charge in [-0.2, -0.15) is 25.3 Å². The van der Waals surface area contributed by atoms with Crippen LogP contribution in [0, 0.1) is 0 Å². The average molecular weight is 272 g/mol. The van der Waals surface area contributed by atoms with Crippen LogP contribution in [0.3, 0.4) is 0 Å². The lowest BCUT2D eigenvalue weighted by atomic mass is 12.0. The van der Waals surface area contributed by atoms with Crippen LogP contribution >= 0.6 is 0 Å². The Morgan fingerprint density at radius 2 is 1.36 bits per heavy atom. The maximum atomic E-state index is 10.4. The van der Waals surface area contributed by atoms with E-state index in [0.717, 1.165) is 0 Å². The van der Waals surface area contributed by atoms with Crippen LogP contribution in [0.1, 0.15) is 0 Å². The van der Waals surface area contributed by atoms with Gasteiger partial charge in [0.2, 0.25) is 0 Å². The summed E-state index contributed by atoms with van der Waals surface area (Å²) in [7, 11) is -14.8. The second kappa shape index (κ2) is 4.05. The van der Waals surface area contributed by atoms with Crippen molar-refractivity contribution in [2.75, 3.05) is 6.26 Å². The maximum Gasteiger partial charge on any atom is 0.442 e. The van der Waals surface area contributed by atoms with Crippen LogP contribution in [-0.2, 0) is 43.2 Å². The van der Waals surface area contributed by atoms with Gasteiger partial charge in [-0.25, -0.2) is 0 Å². The molecule has 10 nitrogen and oxygen atoms in total. The Bertz CT molecular complexity index is 473. The van der Waals surface area contributed by atoms with E-state index >= 15 is 0 Å². The molecule has 0 heterocycles. The van der Waals surface area contributed by atoms with Gasteiger partial charge in [-0.1, -0.05) is 8.67 Å². The van der Waals surface area contributed by atoms with Crippen LogP contribution in [0.15, 0.2) is 0 Å². The zero-order chi connectivity index (χ0) is 11.6. The molecule has 14 heavy (non-hydrogen) atoms. The van der Waals surface area contributed by atoms with E-state index in [-0.39, 0.29) is 0 Å². The summed E-state index contributed by atoms with van der Waals surface area (Å²) in [6.07, 6.45) is 0.362. The molecular formula is CH4O10S3. The summed E-state index contributed by atoms with van der Waals surface area (Å²) in [4.78, 5) is 0. The zero-order valence-corrected chi connectivity index (χ0v) is 8.80. The predicted molar refractivity (Wildman–Crippen MR) is 38.6 cm³/mol. The molecule has 0 aliphatic carbocycles. The van der Waals surface area contributed by atoms with E-state index in [1.165, 1.54) is 0 Å². The highest BCUT2D eigenvalue weighted by atomic mass is 32.3. The van der Waals surface area contributed by atoms with Crippen LogP contribution in [0.4, 0.5) is 0 Å². The van der Waals surface area contributed by atoms with Gasteiger partial charge in [0.05, 0.1) is 6.26 Å². The molecule has 0 radical (unpaired) electrons. The average Bonchev–Trinajstić information content (AvgIpc) is 1.76. The first kappa shape index (κ1) is 13.7. The smallest absolute Gasteiger partial charge is 0.262 e. The second-order valence-electron chi connectivity index (χ2n) is 1.74. The fourth-order valence-corrected chi connectivity index (χ4v) is 2.09. The van der Waals surface area contributed by atoms with Gasteiger partial charge < -0.3 is 0 Å². The van der Waals surface area contributed by atoms with Gasteiger partial charge in [0.25, 0.3) is 10.1 Å². The Kier molecular flexibility index (Phi) is 3.96. The third-order valence-electron chi connectivity index (χ3n) is 0.404. The quantitative estimate of drug-likeness (QED) is 0.336. The molecule has 1 N–H and O–H groups in total. The lowest BCUT2D eigenvalue weighted by molar-refractivity contribution is -0.103. The van der Waals surface area contributed by atoms with E-state index in [2.05, 4.69) is 12.3 Å². The summed E-state index contributed by atoms with van der Waals surface area (Å²) in [6, 6.07) is 0. The predicted octanol–water partition coefficient (Wildman–Crippen LogP) is -2.04. The van der Waals surface area contributed by atoms with Crippen LogP contribution in [0.25, 0.3) is 0 Å². The van der Waals surface area contributed by atoms with E-state index in [9.17, 15) is 25.3 Å². The SMILES string of the molecule is CS(=O)(=O)OS(=O)(=O)OOS(=O)(=O)O. The minimum atomic E-state index is -5.22. The fourth-order valence-electron chi connectivity index (χ4n) is 0.232. The molecule has 0 spiro atoms. The first-order valence-corrected chi connectivity index (χ1v) is 6.94. The molecule has 0 saturated heterocycles. The van der Waals surface area contributed by atoms with Gasteiger partial charge in [-0.15, -0.1) is 3.63 Å². The van der Waals surface area contributed by atoms with E-state index in [0.29, 0.717) is 6.26 Å². The van der Waals surface area contributed by atoms with Crippen molar-refractivity contribution in [3.63, 3.8) is 0 Å². The van der Waals surface area contributed by atoms with Crippen molar-refractivity contribution >= 4 is 30.9 Å². The molecule has 0 rings (SSSR count). The van der Waals surface area contributed by atoms with Crippen molar-refractivity contribution < 1.29 is 42.1 Å². The van der Waals surface area contributed by atoms with E-state index in [1.807, 2.05) is 0 Å². The lowest BCUT2D eigenvalue weighted by Crippen LogP contribution is -2.17. The minimum Gasteiger partial charge on any atom is -0.262 e. The highest BCUT2D eigenvalue weighted by molar-refractivity contribution is 7.97. The van der Waals surface area contributed by atoms with E-state index < -0.39 is 30.9 Å². The Morgan fingerprint density at radius 3 is 1.64 bits per heavy atom. The van der Waals surface area contributed by atoms with Crippen molar-refractivity contribution in [3.8, 4) is 0 Å².